The average Bonchev–Trinajstić information content (AvgIpc) is 2.38. The van der Waals surface area contributed by atoms with Crippen molar-refractivity contribution >= 4 is 24.5 Å². The van der Waals surface area contributed by atoms with E-state index in [1.54, 1.807) is 0 Å². The fraction of sp³-hybridized carbons (Fsp3) is 0.833. The Kier molecular flexibility index (Phi) is 8.79. The van der Waals surface area contributed by atoms with Crippen LogP contribution in [0.15, 0.2) is 0 Å². The molecule has 0 fully saturated rings. The average molecular weight is 292 g/mol. The quantitative estimate of drug-likeness (QED) is 0.249. The molecule has 0 heterocycles. The van der Waals surface area contributed by atoms with Gasteiger partial charge in [-0.3, -0.25) is 9.69 Å². The Bertz CT molecular complexity index is 297. The molecule has 1 unspecified atom stereocenters. The maximum Gasteiger partial charge on any atom is 0.371 e. The molecule has 0 aromatic carbocycles. The van der Waals surface area contributed by atoms with E-state index < -0.39 is 16.9 Å². The normalized spacial score (nSPS) is 13.7. The predicted molar refractivity (Wildman–Crippen MR) is 75.5 cm³/mol. The Hall–Kier alpha value is -0.790. The van der Waals surface area contributed by atoms with Gasteiger partial charge < -0.3 is 15.6 Å². The number of hydrogen-bond donors (Lipinski definition) is 3. The van der Waals surface area contributed by atoms with Crippen LogP contribution >= 0.6 is 12.6 Å². The van der Waals surface area contributed by atoms with Crippen LogP contribution in [0.1, 0.15) is 39.5 Å². The molecular weight excluding hydrogens is 268 g/mol. The monoisotopic (exact) mass is 292 g/mol. The molecule has 0 aliphatic rings. The summed E-state index contributed by atoms with van der Waals surface area (Å²) in [6.45, 7) is 3.98. The lowest BCUT2D eigenvalue weighted by Crippen LogP contribution is -2.56. The molecule has 0 aliphatic heterocycles. The third-order valence-electron chi connectivity index (χ3n) is 2.59. The summed E-state index contributed by atoms with van der Waals surface area (Å²) in [4.78, 5) is 24.4. The Morgan fingerprint density at radius 2 is 1.89 bits per heavy atom. The molecule has 6 nitrogen and oxygen atoms in total. The fourth-order valence-corrected chi connectivity index (χ4v) is 1.67. The summed E-state index contributed by atoms with van der Waals surface area (Å²) in [5, 5.41) is 7.84. The molecule has 0 radical (unpaired) electrons. The highest BCUT2D eigenvalue weighted by Gasteiger charge is 2.42. The third kappa shape index (κ3) is 5.80. The van der Waals surface area contributed by atoms with Crippen molar-refractivity contribution in [3.63, 3.8) is 0 Å². The molecule has 0 aliphatic carbocycles. The molecule has 1 amide bonds. The molecule has 3 N–H and O–H groups in total. The Morgan fingerprint density at radius 1 is 1.32 bits per heavy atom. The second-order valence-electron chi connectivity index (χ2n) is 4.23. The van der Waals surface area contributed by atoms with Crippen LogP contribution in [0.3, 0.4) is 0 Å². The minimum atomic E-state index is -2.26. The highest BCUT2D eigenvalue weighted by molar-refractivity contribution is 7.82. The number of nitrogens with two attached hydrogens (primary N) is 1. The van der Waals surface area contributed by atoms with Crippen molar-refractivity contribution in [2.24, 2.45) is 5.73 Å². The van der Waals surface area contributed by atoms with Gasteiger partial charge in [-0.1, -0.05) is 26.7 Å². The van der Waals surface area contributed by atoms with Gasteiger partial charge in [0, 0.05) is 6.54 Å². The van der Waals surface area contributed by atoms with E-state index in [1.165, 1.54) is 0 Å². The van der Waals surface area contributed by atoms with Crippen molar-refractivity contribution in [3.05, 3.63) is 0 Å². The zero-order chi connectivity index (χ0) is 14.9. The summed E-state index contributed by atoms with van der Waals surface area (Å²) >= 11 is 3.88. The van der Waals surface area contributed by atoms with Crippen molar-refractivity contribution < 1.29 is 19.4 Å². The van der Waals surface area contributed by atoms with Gasteiger partial charge in [0.25, 0.3) is 5.06 Å². The van der Waals surface area contributed by atoms with Crippen molar-refractivity contribution in [2.45, 2.75) is 44.6 Å². The van der Waals surface area contributed by atoms with Crippen molar-refractivity contribution in [1.29, 1.82) is 0 Å². The first kappa shape index (κ1) is 18.2. The van der Waals surface area contributed by atoms with Crippen molar-refractivity contribution in [1.82, 2.24) is 4.90 Å². The highest BCUT2D eigenvalue weighted by Crippen LogP contribution is 2.20. The number of carbonyl (C=O) groups excluding carboxylic acids is 2. The zero-order valence-electron chi connectivity index (χ0n) is 11.6. The van der Waals surface area contributed by atoms with Gasteiger partial charge in [0.1, 0.15) is 0 Å². The molecule has 0 saturated heterocycles. The van der Waals surface area contributed by atoms with Gasteiger partial charge in [0.15, 0.2) is 0 Å². The number of hydrogen-bond acceptors (Lipinski definition) is 6. The van der Waals surface area contributed by atoms with Gasteiger partial charge in [0.2, 0.25) is 5.91 Å². The lowest BCUT2D eigenvalue weighted by molar-refractivity contribution is -0.175. The number of ether oxygens (including phenoxy) is 1. The number of rotatable bonds is 9. The number of unbranched alkanes of at least 4 members (excludes halogenated alkanes) is 2. The van der Waals surface area contributed by atoms with E-state index in [-0.39, 0.29) is 19.7 Å². The summed E-state index contributed by atoms with van der Waals surface area (Å²) in [6.07, 6.45) is 2.99. The van der Waals surface area contributed by atoms with E-state index >= 15 is 0 Å². The second kappa shape index (κ2) is 9.17. The molecule has 0 aromatic heterocycles. The highest BCUT2D eigenvalue weighted by atomic mass is 32.1. The molecular formula is C12H24N2O4S. The Balaban J connectivity index is 4.74. The molecule has 112 valence electrons. The first-order chi connectivity index (χ1) is 8.91. The molecule has 0 saturated carbocycles. The number of nitrogens with zero attached hydrogens (tertiary/aromatic N) is 1. The minimum Gasteiger partial charge on any atom is -0.461 e. The number of amides is 1. The van der Waals surface area contributed by atoms with Crippen LogP contribution in [0.2, 0.25) is 0 Å². The summed E-state index contributed by atoms with van der Waals surface area (Å²) < 4.78 is 4.90. The van der Waals surface area contributed by atoms with Crippen LogP contribution in [-0.2, 0) is 14.3 Å². The molecule has 0 rings (SSSR count). The standard InChI is InChI=1S/C12H24N2O4S/c1-3-5-7-14(10(15)9-13)12(17,19)11(16)18-8-6-4-2/h17,19H,3-9,13H2,1-2H3. The van der Waals surface area contributed by atoms with Gasteiger partial charge in [-0.2, -0.15) is 0 Å². The van der Waals surface area contributed by atoms with E-state index in [9.17, 15) is 14.7 Å². The summed E-state index contributed by atoms with van der Waals surface area (Å²) in [5.41, 5.74) is 5.27. The maximum atomic E-state index is 11.8. The topological polar surface area (TPSA) is 92.9 Å². The van der Waals surface area contributed by atoms with Gasteiger partial charge >= 0.3 is 5.97 Å². The van der Waals surface area contributed by atoms with Crippen LogP contribution < -0.4 is 5.73 Å². The van der Waals surface area contributed by atoms with Crippen molar-refractivity contribution in [3.8, 4) is 0 Å². The van der Waals surface area contributed by atoms with E-state index in [0.717, 1.165) is 17.7 Å². The minimum absolute atomic E-state index is 0.191. The van der Waals surface area contributed by atoms with Crippen LogP contribution in [0.25, 0.3) is 0 Å². The number of aliphatic hydroxyl groups is 1. The smallest absolute Gasteiger partial charge is 0.371 e. The van der Waals surface area contributed by atoms with Crippen molar-refractivity contribution in [2.75, 3.05) is 19.7 Å². The number of carbonyl (C=O) groups is 2. The fourth-order valence-electron chi connectivity index (χ4n) is 1.40. The number of thiol groups is 1. The Labute approximate surface area is 119 Å². The second-order valence-corrected chi connectivity index (χ2v) is 4.85. The zero-order valence-corrected chi connectivity index (χ0v) is 12.5. The summed E-state index contributed by atoms with van der Waals surface area (Å²) in [5.74, 6) is -1.49. The molecule has 0 aromatic rings. The van der Waals surface area contributed by atoms with Gasteiger partial charge in [0.05, 0.1) is 13.2 Å². The van der Waals surface area contributed by atoms with Gasteiger partial charge in [-0.15, -0.1) is 12.6 Å². The lowest BCUT2D eigenvalue weighted by atomic mass is 10.3. The van der Waals surface area contributed by atoms with E-state index in [2.05, 4.69) is 12.6 Å². The van der Waals surface area contributed by atoms with Crippen LogP contribution in [0, 0.1) is 0 Å². The SMILES string of the molecule is CCCCOC(=O)C(O)(S)N(CCCC)C(=O)CN. The summed E-state index contributed by atoms with van der Waals surface area (Å²) in [6, 6.07) is 0. The van der Waals surface area contributed by atoms with Crippen LogP contribution in [0.4, 0.5) is 0 Å². The van der Waals surface area contributed by atoms with Crippen LogP contribution in [0.5, 0.6) is 0 Å². The van der Waals surface area contributed by atoms with Crippen LogP contribution in [-0.4, -0.2) is 46.6 Å². The predicted octanol–water partition coefficient (Wildman–Crippen LogP) is 0.493. The van der Waals surface area contributed by atoms with E-state index in [0.29, 0.717) is 12.8 Å². The first-order valence-electron chi connectivity index (χ1n) is 6.54. The molecule has 0 spiro atoms. The van der Waals surface area contributed by atoms with E-state index in [4.69, 9.17) is 10.5 Å². The van der Waals surface area contributed by atoms with Gasteiger partial charge in [-0.25, -0.2) is 4.79 Å². The first-order valence-corrected chi connectivity index (χ1v) is 6.98. The Morgan fingerprint density at radius 3 is 2.37 bits per heavy atom. The molecule has 0 bridgehead atoms. The van der Waals surface area contributed by atoms with E-state index in [1.807, 2.05) is 13.8 Å². The third-order valence-corrected chi connectivity index (χ3v) is 3.02. The van der Waals surface area contributed by atoms with Gasteiger partial charge in [-0.05, 0) is 12.8 Å². The molecule has 7 heteroatoms. The largest absolute Gasteiger partial charge is 0.461 e. The summed E-state index contributed by atoms with van der Waals surface area (Å²) in [7, 11) is 0. The number of esters is 1. The molecule has 1 atom stereocenters. The molecule has 19 heavy (non-hydrogen) atoms. The maximum absolute atomic E-state index is 11.8. The lowest BCUT2D eigenvalue weighted by Gasteiger charge is -2.33.